The second kappa shape index (κ2) is 6.39. The largest absolute Gasteiger partial charge is 0.486 e. The molecular formula is C20H20FNO3. The van der Waals surface area contributed by atoms with Gasteiger partial charge in [0.2, 0.25) is 5.91 Å². The van der Waals surface area contributed by atoms with Crippen molar-refractivity contribution in [2.75, 3.05) is 18.5 Å². The molecule has 4 rings (SSSR count). The maximum atomic E-state index is 13.3. The fraction of sp³-hybridized carbons (Fsp3) is 0.350. The summed E-state index contributed by atoms with van der Waals surface area (Å²) in [7, 11) is 0. The van der Waals surface area contributed by atoms with Crippen molar-refractivity contribution in [2.24, 2.45) is 0 Å². The molecule has 0 saturated heterocycles. The first-order chi connectivity index (χ1) is 12.2. The van der Waals surface area contributed by atoms with Crippen molar-refractivity contribution in [1.82, 2.24) is 0 Å². The van der Waals surface area contributed by atoms with E-state index >= 15 is 0 Å². The number of rotatable bonds is 3. The van der Waals surface area contributed by atoms with Gasteiger partial charge in [0, 0.05) is 11.8 Å². The van der Waals surface area contributed by atoms with Crippen LogP contribution >= 0.6 is 0 Å². The quantitative estimate of drug-likeness (QED) is 0.916. The third-order valence-electron chi connectivity index (χ3n) is 5.09. The van der Waals surface area contributed by atoms with Crippen molar-refractivity contribution >= 4 is 11.6 Å². The van der Waals surface area contributed by atoms with E-state index < -0.39 is 5.41 Å². The second-order valence-corrected chi connectivity index (χ2v) is 6.61. The molecule has 1 aliphatic heterocycles. The Labute approximate surface area is 146 Å². The van der Waals surface area contributed by atoms with Gasteiger partial charge in [-0.25, -0.2) is 4.39 Å². The normalized spacial score (nSPS) is 18.0. The number of nitrogens with one attached hydrogen (secondary N) is 1. The molecule has 0 unspecified atom stereocenters. The zero-order valence-corrected chi connectivity index (χ0v) is 13.9. The number of halogens is 1. The maximum absolute atomic E-state index is 13.3. The average Bonchev–Trinajstić information content (AvgIpc) is 3.13. The summed E-state index contributed by atoms with van der Waals surface area (Å²) in [5.74, 6) is 1.00. The van der Waals surface area contributed by atoms with Gasteiger partial charge >= 0.3 is 0 Å². The monoisotopic (exact) mass is 341 g/mol. The number of ether oxygens (including phenoxy) is 2. The molecule has 1 saturated carbocycles. The molecule has 130 valence electrons. The van der Waals surface area contributed by atoms with Crippen LogP contribution in [0.1, 0.15) is 31.2 Å². The predicted molar refractivity (Wildman–Crippen MR) is 92.6 cm³/mol. The summed E-state index contributed by atoms with van der Waals surface area (Å²) in [6.07, 6.45) is 3.53. The van der Waals surface area contributed by atoms with Gasteiger partial charge in [0.25, 0.3) is 0 Å². The summed E-state index contributed by atoms with van der Waals surface area (Å²) in [5, 5.41) is 3.02. The number of hydrogen-bond donors (Lipinski definition) is 1. The first kappa shape index (κ1) is 15.9. The van der Waals surface area contributed by atoms with Crippen molar-refractivity contribution in [2.45, 2.75) is 31.1 Å². The van der Waals surface area contributed by atoms with Crippen LogP contribution in [0, 0.1) is 5.82 Å². The molecule has 0 aromatic heterocycles. The Bertz CT molecular complexity index is 782. The van der Waals surface area contributed by atoms with Crippen LogP contribution < -0.4 is 14.8 Å². The molecule has 25 heavy (non-hydrogen) atoms. The zero-order valence-electron chi connectivity index (χ0n) is 13.9. The number of carbonyl (C=O) groups is 1. The van der Waals surface area contributed by atoms with E-state index in [0.717, 1.165) is 31.2 Å². The summed E-state index contributed by atoms with van der Waals surface area (Å²) >= 11 is 0. The van der Waals surface area contributed by atoms with E-state index in [-0.39, 0.29) is 11.7 Å². The Hall–Kier alpha value is -2.56. The summed E-state index contributed by atoms with van der Waals surface area (Å²) in [6.45, 7) is 1.04. The molecule has 0 bridgehead atoms. The highest BCUT2D eigenvalue weighted by Gasteiger charge is 2.42. The molecule has 2 aromatic carbocycles. The van der Waals surface area contributed by atoms with Gasteiger partial charge in [-0.05, 0) is 42.7 Å². The van der Waals surface area contributed by atoms with Crippen LogP contribution in [0.4, 0.5) is 10.1 Å². The van der Waals surface area contributed by atoms with Gasteiger partial charge in [0.05, 0.1) is 5.41 Å². The van der Waals surface area contributed by atoms with E-state index in [2.05, 4.69) is 5.32 Å². The number of benzene rings is 2. The summed E-state index contributed by atoms with van der Waals surface area (Å²) < 4.78 is 24.4. The van der Waals surface area contributed by atoms with Crippen molar-refractivity contribution in [3.05, 3.63) is 53.8 Å². The highest BCUT2D eigenvalue weighted by atomic mass is 19.1. The molecule has 0 atom stereocenters. The number of amides is 1. The fourth-order valence-electron chi connectivity index (χ4n) is 3.77. The van der Waals surface area contributed by atoms with E-state index in [1.54, 1.807) is 18.2 Å². The molecular weight excluding hydrogens is 321 g/mol. The lowest BCUT2D eigenvalue weighted by atomic mass is 9.78. The standard InChI is InChI=1S/C20H20FNO3/c21-15-5-3-14(4-6-15)20(9-1-2-10-20)19(23)22-16-7-8-17-18(13-16)25-12-11-24-17/h3-8,13H,1-2,9-12H2,(H,22,23). The van der Waals surface area contributed by atoms with E-state index in [0.29, 0.717) is 30.4 Å². The molecule has 1 heterocycles. The smallest absolute Gasteiger partial charge is 0.235 e. The molecule has 1 N–H and O–H groups in total. The first-order valence-electron chi connectivity index (χ1n) is 8.65. The fourth-order valence-corrected chi connectivity index (χ4v) is 3.77. The van der Waals surface area contributed by atoms with Crippen molar-refractivity contribution in [3.8, 4) is 11.5 Å². The van der Waals surface area contributed by atoms with E-state index in [4.69, 9.17) is 9.47 Å². The minimum atomic E-state index is -0.596. The average molecular weight is 341 g/mol. The third kappa shape index (κ3) is 2.95. The first-order valence-corrected chi connectivity index (χ1v) is 8.65. The molecule has 1 aliphatic carbocycles. The summed E-state index contributed by atoms with van der Waals surface area (Å²) in [6, 6.07) is 11.7. The van der Waals surface area contributed by atoms with Crippen LogP contribution in [0.3, 0.4) is 0 Å². The van der Waals surface area contributed by atoms with Crippen LogP contribution in [0.2, 0.25) is 0 Å². The van der Waals surface area contributed by atoms with Crippen molar-refractivity contribution in [3.63, 3.8) is 0 Å². The lowest BCUT2D eigenvalue weighted by molar-refractivity contribution is -0.121. The number of hydrogen-bond acceptors (Lipinski definition) is 3. The SMILES string of the molecule is O=C(Nc1ccc2c(c1)OCCO2)C1(c2ccc(F)cc2)CCCC1. The Balaban J connectivity index is 1.60. The Morgan fingerprint density at radius 1 is 0.960 bits per heavy atom. The van der Waals surface area contributed by atoms with Crippen molar-refractivity contribution < 1.29 is 18.7 Å². The van der Waals surface area contributed by atoms with Gasteiger partial charge in [-0.2, -0.15) is 0 Å². The zero-order chi connectivity index (χ0) is 17.3. The van der Waals surface area contributed by atoms with Crippen LogP contribution in [0.5, 0.6) is 11.5 Å². The molecule has 2 aromatic rings. The van der Waals surface area contributed by atoms with Gasteiger partial charge in [0.1, 0.15) is 19.0 Å². The van der Waals surface area contributed by atoms with E-state index in [1.165, 1.54) is 12.1 Å². The molecule has 1 amide bonds. The highest BCUT2D eigenvalue weighted by molar-refractivity contribution is 5.99. The van der Waals surface area contributed by atoms with Gasteiger partial charge in [-0.1, -0.05) is 25.0 Å². The van der Waals surface area contributed by atoms with Crippen LogP contribution in [0.15, 0.2) is 42.5 Å². The number of carbonyl (C=O) groups excluding carboxylic acids is 1. The van der Waals surface area contributed by atoms with Crippen molar-refractivity contribution in [1.29, 1.82) is 0 Å². The highest BCUT2D eigenvalue weighted by Crippen LogP contribution is 2.42. The molecule has 2 aliphatic rings. The number of anilines is 1. The van der Waals surface area contributed by atoms with Gasteiger partial charge in [-0.3, -0.25) is 4.79 Å². The van der Waals surface area contributed by atoms with E-state index in [9.17, 15) is 9.18 Å². The number of fused-ring (bicyclic) bond motifs is 1. The lowest BCUT2D eigenvalue weighted by Gasteiger charge is -2.28. The van der Waals surface area contributed by atoms with Gasteiger partial charge in [-0.15, -0.1) is 0 Å². The topological polar surface area (TPSA) is 47.6 Å². The Morgan fingerprint density at radius 2 is 1.64 bits per heavy atom. The minimum Gasteiger partial charge on any atom is -0.486 e. The Morgan fingerprint density at radius 3 is 2.36 bits per heavy atom. The van der Waals surface area contributed by atoms with Crippen LogP contribution in [0.25, 0.3) is 0 Å². The Kier molecular flexibility index (Phi) is 4.07. The molecule has 1 fully saturated rings. The molecule has 0 radical (unpaired) electrons. The lowest BCUT2D eigenvalue weighted by Crippen LogP contribution is -2.38. The molecule has 5 heteroatoms. The van der Waals surface area contributed by atoms with Gasteiger partial charge < -0.3 is 14.8 Å². The van der Waals surface area contributed by atoms with Gasteiger partial charge in [0.15, 0.2) is 11.5 Å². The molecule has 4 nitrogen and oxygen atoms in total. The van der Waals surface area contributed by atoms with Crippen LogP contribution in [-0.4, -0.2) is 19.1 Å². The minimum absolute atomic E-state index is 0.0479. The second-order valence-electron chi connectivity index (χ2n) is 6.61. The van der Waals surface area contributed by atoms with Crippen LogP contribution in [-0.2, 0) is 10.2 Å². The predicted octanol–water partition coefficient (Wildman–Crippen LogP) is 4.05. The third-order valence-corrected chi connectivity index (χ3v) is 5.09. The van der Waals surface area contributed by atoms with E-state index in [1.807, 2.05) is 12.1 Å². The molecule has 0 spiro atoms. The summed E-state index contributed by atoms with van der Waals surface area (Å²) in [5.41, 5.74) is 0.963. The summed E-state index contributed by atoms with van der Waals surface area (Å²) in [4.78, 5) is 13.1. The maximum Gasteiger partial charge on any atom is 0.235 e.